The van der Waals surface area contributed by atoms with E-state index in [1.165, 1.54) is 16.0 Å². The van der Waals surface area contributed by atoms with E-state index in [9.17, 15) is 10.1 Å². The Kier molecular flexibility index (Phi) is 7.57. The van der Waals surface area contributed by atoms with Crippen LogP contribution < -0.4 is 10.5 Å². The number of rotatable bonds is 7. The van der Waals surface area contributed by atoms with E-state index in [-0.39, 0.29) is 24.4 Å². The van der Waals surface area contributed by atoms with Crippen molar-refractivity contribution in [1.82, 2.24) is 29.8 Å². The van der Waals surface area contributed by atoms with Gasteiger partial charge in [-0.15, -0.1) is 11.3 Å². The number of nitriles is 1. The first-order chi connectivity index (χ1) is 21.8. The van der Waals surface area contributed by atoms with Gasteiger partial charge in [-0.2, -0.15) is 15.3 Å². The van der Waals surface area contributed by atoms with E-state index in [0.717, 1.165) is 79.7 Å². The van der Waals surface area contributed by atoms with Gasteiger partial charge in [-0.3, -0.25) is 4.90 Å². The third kappa shape index (κ3) is 4.96. The molecular weight excluding hydrogens is 592 g/mol. The van der Waals surface area contributed by atoms with Gasteiger partial charge in [-0.1, -0.05) is 5.16 Å². The summed E-state index contributed by atoms with van der Waals surface area (Å²) < 4.78 is 19.3. The zero-order valence-corrected chi connectivity index (χ0v) is 26.5. The minimum Gasteiger partial charge on any atom is -0.473 e. The minimum atomic E-state index is -0.506. The number of aromatic nitrogens is 5. The standard InChI is InChI=1S/C32H36N8O4S/c1-4-42-31(41)21-11-15-40(37-21)24-16-25(43-18(2)22-9-7-14-39(22)3)36-30(35-24)27-19-8-5-12-32(28(19)44-38-27)13-6-10-23-26(32)20(17-33)29(34)45-23/h11,15-16,18,22H,4-10,12-14,34H2,1-3H3/t18-,22-,32-/m0/s1. The molecule has 45 heavy (non-hydrogen) atoms. The first-order valence-corrected chi connectivity index (χ1v) is 16.4. The highest BCUT2D eigenvalue weighted by Gasteiger charge is 2.49. The Bertz CT molecular complexity index is 1800. The predicted molar refractivity (Wildman–Crippen MR) is 166 cm³/mol. The number of likely N-dealkylation sites (tertiary alicyclic amines) is 1. The molecule has 1 spiro atoms. The number of nitrogens with two attached hydrogens (primary N) is 1. The molecule has 2 aliphatic carbocycles. The number of hydrogen-bond donors (Lipinski definition) is 1. The number of anilines is 1. The largest absolute Gasteiger partial charge is 0.473 e. The van der Waals surface area contributed by atoms with Gasteiger partial charge in [0, 0.05) is 28.7 Å². The molecule has 13 heteroatoms. The van der Waals surface area contributed by atoms with E-state index in [4.69, 9.17) is 29.7 Å². The molecule has 3 aliphatic rings. The monoisotopic (exact) mass is 628 g/mol. The van der Waals surface area contributed by atoms with Crippen LogP contribution in [0.25, 0.3) is 17.3 Å². The fraction of sp³-hybridized carbons (Fsp3) is 0.500. The molecule has 0 bridgehead atoms. The van der Waals surface area contributed by atoms with Gasteiger partial charge in [0.15, 0.2) is 28.8 Å². The summed E-state index contributed by atoms with van der Waals surface area (Å²) in [6.45, 7) is 5.09. The maximum atomic E-state index is 12.4. The maximum Gasteiger partial charge on any atom is 0.358 e. The fourth-order valence-corrected chi connectivity index (χ4v) is 8.64. The van der Waals surface area contributed by atoms with Crippen molar-refractivity contribution >= 4 is 22.3 Å². The number of likely N-dealkylation sites (N-methyl/N-ethyl adjacent to an activating group) is 1. The zero-order valence-electron chi connectivity index (χ0n) is 25.7. The van der Waals surface area contributed by atoms with Crippen molar-refractivity contribution in [3.05, 3.63) is 51.4 Å². The molecule has 0 aromatic carbocycles. The SMILES string of the molecule is CCOC(=O)c1ccn(-c2cc(O[C@@H](C)[C@@H]3CCCN3C)nc(-c3noc4c3CCC[C@@]43CCCc4sc(N)c(C#N)c43)n2)n1. The van der Waals surface area contributed by atoms with Gasteiger partial charge in [0.2, 0.25) is 5.88 Å². The summed E-state index contributed by atoms with van der Waals surface area (Å²) >= 11 is 1.52. The van der Waals surface area contributed by atoms with Crippen LogP contribution in [0.2, 0.25) is 0 Å². The van der Waals surface area contributed by atoms with Crippen molar-refractivity contribution in [3.8, 4) is 29.3 Å². The summed E-state index contributed by atoms with van der Waals surface area (Å²) in [5.74, 6) is 1.44. The van der Waals surface area contributed by atoms with Crippen molar-refractivity contribution in [2.75, 3.05) is 25.9 Å². The van der Waals surface area contributed by atoms with Crippen molar-refractivity contribution < 1.29 is 18.8 Å². The van der Waals surface area contributed by atoms with Crippen molar-refractivity contribution in [2.24, 2.45) is 0 Å². The van der Waals surface area contributed by atoms with Gasteiger partial charge >= 0.3 is 5.97 Å². The summed E-state index contributed by atoms with van der Waals surface area (Å²) in [5, 5.41) is 19.6. The van der Waals surface area contributed by atoms with Crippen molar-refractivity contribution in [1.29, 1.82) is 5.26 Å². The number of aryl methyl sites for hydroxylation is 1. The highest BCUT2D eigenvalue weighted by atomic mass is 32.1. The van der Waals surface area contributed by atoms with Gasteiger partial charge in [0.1, 0.15) is 17.2 Å². The number of carbonyl (C=O) groups excluding carboxylic acids is 1. The highest BCUT2D eigenvalue weighted by molar-refractivity contribution is 7.16. The van der Waals surface area contributed by atoms with E-state index >= 15 is 0 Å². The fourth-order valence-electron chi connectivity index (χ4n) is 7.48. The third-order valence-electron chi connectivity index (χ3n) is 9.49. The topological polar surface area (TPSA) is 158 Å². The van der Waals surface area contributed by atoms with Crippen LogP contribution in [-0.2, 0) is 23.0 Å². The van der Waals surface area contributed by atoms with Crippen LogP contribution in [0.3, 0.4) is 0 Å². The quantitative estimate of drug-likeness (QED) is 0.279. The number of ether oxygens (including phenoxy) is 2. The smallest absolute Gasteiger partial charge is 0.358 e. The molecule has 0 amide bonds. The van der Waals surface area contributed by atoms with Crippen LogP contribution in [0.4, 0.5) is 5.00 Å². The molecule has 12 nitrogen and oxygen atoms in total. The Morgan fingerprint density at radius 2 is 2.11 bits per heavy atom. The lowest BCUT2D eigenvalue weighted by Gasteiger charge is -2.39. The van der Waals surface area contributed by atoms with Crippen LogP contribution in [0.15, 0.2) is 22.9 Å². The number of hydrogen-bond acceptors (Lipinski definition) is 12. The molecule has 0 saturated carbocycles. The van der Waals surface area contributed by atoms with E-state index in [1.807, 2.05) is 0 Å². The van der Waals surface area contributed by atoms with Gasteiger partial charge in [-0.25, -0.2) is 14.5 Å². The van der Waals surface area contributed by atoms with E-state index in [1.54, 1.807) is 25.3 Å². The molecule has 0 radical (unpaired) electrons. The van der Waals surface area contributed by atoms with Gasteiger partial charge in [0.25, 0.3) is 0 Å². The third-order valence-corrected chi connectivity index (χ3v) is 10.6. The van der Waals surface area contributed by atoms with Gasteiger partial charge < -0.3 is 19.7 Å². The molecule has 4 aromatic rings. The molecule has 3 atom stereocenters. The summed E-state index contributed by atoms with van der Waals surface area (Å²) in [6, 6.07) is 5.96. The second-order valence-electron chi connectivity index (χ2n) is 12.1. The van der Waals surface area contributed by atoms with E-state index in [0.29, 0.717) is 33.8 Å². The van der Waals surface area contributed by atoms with Crippen LogP contribution in [0.1, 0.15) is 90.2 Å². The van der Waals surface area contributed by atoms with Crippen LogP contribution in [-0.4, -0.2) is 68.1 Å². The molecule has 0 unspecified atom stereocenters. The van der Waals surface area contributed by atoms with Crippen LogP contribution >= 0.6 is 11.3 Å². The summed E-state index contributed by atoms with van der Waals surface area (Å²) in [5.41, 5.74) is 9.13. The lowest BCUT2D eigenvalue weighted by atomic mass is 9.63. The summed E-state index contributed by atoms with van der Waals surface area (Å²) in [4.78, 5) is 25.6. The Morgan fingerprint density at radius 1 is 1.29 bits per heavy atom. The van der Waals surface area contributed by atoms with Crippen LogP contribution in [0.5, 0.6) is 5.88 Å². The molecule has 5 heterocycles. The second-order valence-corrected chi connectivity index (χ2v) is 13.3. The molecule has 7 rings (SSSR count). The molecule has 4 aromatic heterocycles. The number of nitrogens with zero attached hydrogens (tertiary/aromatic N) is 7. The molecule has 1 saturated heterocycles. The first-order valence-electron chi connectivity index (χ1n) is 15.6. The Morgan fingerprint density at radius 3 is 2.87 bits per heavy atom. The van der Waals surface area contributed by atoms with Gasteiger partial charge in [-0.05, 0) is 90.4 Å². The normalized spacial score (nSPS) is 21.7. The number of fused-ring (bicyclic) bond motifs is 4. The first kappa shape index (κ1) is 29.4. The number of nitrogen functional groups attached to an aromatic ring is 1. The molecule has 1 fully saturated rings. The number of esters is 1. The lowest BCUT2D eigenvalue weighted by Crippen LogP contribution is -2.38. The molecule has 1 aliphatic heterocycles. The zero-order chi connectivity index (χ0) is 31.3. The lowest BCUT2D eigenvalue weighted by molar-refractivity contribution is 0.0519. The number of carbonyl (C=O) groups is 1. The van der Waals surface area contributed by atoms with Crippen molar-refractivity contribution in [2.45, 2.75) is 82.8 Å². The van der Waals surface area contributed by atoms with E-state index in [2.05, 4.69) is 35.2 Å². The molecular formula is C32H36N8O4S. The van der Waals surface area contributed by atoms with Crippen LogP contribution in [0, 0.1) is 11.3 Å². The van der Waals surface area contributed by atoms with Crippen molar-refractivity contribution in [3.63, 3.8) is 0 Å². The minimum absolute atomic E-state index is 0.121. The van der Waals surface area contributed by atoms with Gasteiger partial charge in [0.05, 0.1) is 17.6 Å². The molecule has 234 valence electrons. The predicted octanol–water partition coefficient (Wildman–Crippen LogP) is 4.83. The summed E-state index contributed by atoms with van der Waals surface area (Å²) in [6.07, 6.45) is 8.96. The Labute approximate surface area is 265 Å². The Balaban J connectivity index is 1.32. The molecule has 2 N–H and O–H groups in total. The highest BCUT2D eigenvalue weighted by Crippen LogP contribution is 2.55. The number of thiophene rings is 1. The summed E-state index contributed by atoms with van der Waals surface area (Å²) in [7, 11) is 2.11. The van der Waals surface area contributed by atoms with E-state index < -0.39 is 11.4 Å². The second kappa shape index (κ2) is 11.6. The maximum absolute atomic E-state index is 12.4. The average Bonchev–Trinajstić information content (AvgIpc) is 3.83. The average molecular weight is 629 g/mol. The Hall–Kier alpha value is -4.28.